The van der Waals surface area contributed by atoms with Crippen LogP contribution in [-0.2, 0) is 4.79 Å². The number of carbonyl (C=O) groups excluding carboxylic acids is 1. The molecule has 0 aromatic heterocycles. The highest BCUT2D eigenvalue weighted by Crippen LogP contribution is 1.68. The van der Waals surface area contributed by atoms with E-state index in [1.54, 1.807) is 6.92 Å². The highest BCUT2D eigenvalue weighted by Gasteiger charge is 1.84. The van der Waals surface area contributed by atoms with Gasteiger partial charge >= 0.3 is 0 Å². The Kier molecular flexibility index (Phi) is 4.58. The van der Waals surface area contributed by atoms with Crippen LogP contribution >= 0.6 is 0 Å². The van der Waals surface area contributed by atoms with Crippen LogP contribution in [0.5, 0.6) is 0 Å². The normalized spacial score (nSPS) is 9.82. The van der Waals surface area contributed by atoms with E-state index >= 15 is 0 Å². The quantitative estimate of drug-likeness (QED) is 0.241. The van der Waals surface area contributed by atoms with Gasteiger partial charge in [0.05, 0.1) is 6.54 Å². The molecule has 0 saturated heterocycles. The van der Waals surface area contributed by atoms with Gasteiger partial charge in [-0.15, -0.1) is 0 Å². The highest BCUT2D eigenvalue weighted by atomic mass is 16.4. The molecule has 4 heteroatoms. The summed E-state index contributed by atoms with van der Waals surface area (Å²) in [6.07, 6.45) is 0. The van der Waals surface area contributed by atoms with Gasteiger partial charge in [0.2, 0.25) is 5.91 Å². The molecule has 0 aliphatic heterocycles. The lowest BCUT2D eigenvalue weighted by molar-refractivity contribution is -0.118. The Morgan fingerprint density at radius 1 is 1.64 bits per heavy atom. The maximum absolute atomic E-state index is 10.3. The Balaban J connectivity index is 3.65. The van der Waals surface area contributed by atoms with Crippen molar-refractivity contribution in [3.8, 4) is 11.8 Å². The molecule has 11 heavy (non-hydrogen) atoms. The van der Waals surface area contributed by atoms with Crippen LogP contribution in [0.25, 0.3) is 0 Å². The third kappa shape index (κ3) is 6.38. The molecule has 60 valence electrons. The Morgan fingerprint density at radius 3 is 2.73 bits per heavy atom. The minimum absolute atomic E-state index is 0.127. The van der Waals surface area contributed by atoms with Crippen molar-refractivity contribution in [2.24, 2.45) is 5.16 Å². The molecule has 0 aromatic carbocycles. The molecule has 1 amide bonds. The minimum atomic E-state index is -0.127. The Morgan fingerprint density at radius 2 is 2.27 bits per heavy atom. The minimum Gasteiger partial charge on any atom is -0.410 e. The molecular formula is C7H10N2O2. The monoisotopic (exact) mass is 154 g/mol. The van der Waals surface area contributed by atoms with Gasteiger partial charge in [-0.05, 0) is 12.8 Å². The molecular weight excluding hydrogens is 144 g/mol. The van der Waals surface area contributed by atoms with Crippen LogP contribution in [0, 0.1) is 11.8 Å². The fourth-order valence-electron chi connectivity index (χ4n) is 0.366. The van der Waals surface area contributed by atoms with Crippen LogP contribution < -0.4 is 5.32 Å². The predicted molar refractivity (Wildman–Crippen MR) is 41.4 cm³/mol. The van der Waals surface area contributed by atoms with Gasteiger partial charge in [-0.3, -0.25) is 4.79 Å². The first-order valence-electron chi connectivity index (χ1n) is 3.08. The maximum Gasteiger partial charge on any atom is 0.217 e. The van der Waals surface area contributed by atoms with Crippen LogP contribution in [-0.4, -0.2) is 23.4 Å². The number of hydrogen-bond acceptors (Lipinski definition) is 3. The lowest BCUT2D eigenvalue weighted by Crippen LogP contribution is -2.19. The average Bonchev–Trinajstić information content (AvgIpc) is 1.97. The van der Waals surface area contributed by atoms with E-state index in [0.29, 0.717) is 5.71 Å². The lowest BCUT2D eigenvalue weighted by atomic mass is 10.4. The topological polar surface area (TPSA) is 61.7 Å². The highest BCUT2D eigenvalue weighted by molar-refractivity contribution is 5.97. The van der Waals surface area contributed by atoms with Crippen LogP contribution in [0.15, 0.2) is 5.16 Å². The lowest BCUT2D eigenvalue weighted by Gasteiger charge is -1.90. The van der Waals surface area contributed by atoms with Crippen LogP contribution in [0.3, 0.4) is 0 Å². The first kappa shape index (κ1) is 9.50. The van der Waals surface area contributed by atoms with E-state index in [-0.39, 0.29) is 12.5 Å². The molecule has 0 heterocycles. The predicted octanol–water partition coefficient (Wildman–Crippen LogP) is -0.0240. The van der Waals surface area contributed by atoms with Gasteiger partial charge < -0.3 is 10.5 Å². The number of amides is 1. The van der Waals surface area contributed by atoms with E-state index in [4.69, 9.17) is 5.21 Å². The fraction of sp³-hybridized carbons (Fsp3) is 0.429. The summed E-state index contributed by atoms with van der Waals surface area (Å²) in [7, 11) is 0. The third-order valence-corrected chi connectivity index (χ3v) is 0.845. The van der Waals surface area contributed by atoms with Gasteiger partial charge in [0.15, 0.2) is 0 Å². The van der Waals surface area contributed by atoms with Gasteiger partial charge in [0.1, 0.15) is 5.71 Å². The van der Waals surface area contributed by atoms with Crippen molar-refractivity contribution in [1.29, 1.82) is 0 Å². The van der Waals surface area contributed by atoms with Crippen molar-refractivity contribution in [1.82, 2.24) is 5.32 Å². The summed E-state index contributed by atoms with van der Waals surface area (Å²) in [6.45, 7) is 3.26. The number of hydrogen-bond donors (Lipinski definition) is 2. The largest absolute Gasteiger partial charge is 0.410 e. The smallest absolute Gasteiger partial charge is 0.217 e. The molecule has 0 aromatic rings. The molecule has 0 rings (SSSR count). The van der Waals surface area contributed by atoms with Gasteiger partial charge in [0, 0.05) is 6.92 Å². The number of oxime groups is 1. The summed E-state index contributed by atoms with van der Waals surface area (Å²) in [5.41, 5.74) is 0.329. The molecule has 0 spiro atoms. The molecule has 0 atom stereocenters. The molecule has 0 fully saturated rings. The molecule has 0 radical (unpaired) electrons. The van der Waals surface area contributed by atoms with Gasteiger partial charge in [-0.25, -0.2) is 0 Å². The van der Waals surface area contributed by atoms with Gasteiger partial charge in [0.25, 0.3) is 0 Å². The first-order chi connectivity index (χ1) is 5.16. The standard InChI is InChI=1S/C7H10N2O2/c1-6(9-11)4-3-5-8-7(2)10/h11H,5H2,1-2H3,(H,8,10)/b9-6-. The van der Waals surface area contributed by atoms with Crippen LogP contribution in [0.1, 0.15) is 13.8 Å². The zero-order valence-corrected chi connectivity index (χ0v) is 6.51. The van der Waals surface area contributed by atoms with Gasteiger partial charge in [-0.1, -0.05) is 11.1 Å². The number of rotatable bonds is 1. The molecule has 0 aliphatic rings. The molecule has 2 N–H and O–H groups in total. The van der Waals surface area contributed by atoms with Crippen LogP contribution in [0.2, 0.25) is 0 Å². The Bertz CT molecular complexity index is 222. The zero-order chi connectivity index (χ0) is 8.69. The molecule has 4 nitrogen and oxygen atoms in total. The first-order valence-corrected chi connectivity index (χ1v) is 3.08. The SMILES string of the molecule is CC(=O)NCC#C/C(C)=N\O. The molecule has 0 aliphatic carbocycles. The van der Waals surface area contributed by atoms with Crippen molar-refractivity contribution in [2.45, 2.75) is 13.8 Å². The van der Waals surface area contributed by atoms with E-state index in [0.717, 1.165) is 0 Å². The summed E-state index contributed by atoms with van der Waals surface area (Å²) in [6, 6.07) is 0. The van der Waals surface area contributed by atoms with Crippen molar-refractivity contribution in [2.75, 3.05) is 6.54 Å². The van der Waals surface area contributed by atoms with Crippen molar-refractivity contribution in [3.05, 3.63) is 0 Å². The summed E-state index contributed by atoms with van der Waals surface area (Å²) >= 11 is 0. The fourth-order valence-corrected chi connectivity index (χ4v) is 0.366. The van der Waals surface area contributed by atoms with E-state index in [2.05, 4.69) is 22.3 Å². The maximum atomic E-state index is 10.3. The number of nitrogens with one attached hydrogen (secondary N) is 1. The van der Waals surface area contributed by atoms with Crippen LogP contribution in [0.4, 0.5) is 0 Å². The second-order valence-electron chi connectivity index (χ2n) is 1.90. The van der Waals surface area contributed by atoms with E-state index in [9.17, 15) is 4.79 Å². The van der Waals surface area contributed by atoms with E-state index in [1.165, 1.54) is 6.92 Å². The summed E-state index contributed by atoms with van der Waals surface area (Å²) < 4.78 is 0. The van der Waals surface area contributed by atoms with Crippen molar-refractivity contribution < 1.29 is 10.0 Å². The average molecular weight is 154 g/mol. The van der Waals surface area contributed by atoms with Gasteiger partial charge in [-0.2, -0.15) is 0 Å². The van der Waals surface area contributed by atoms with Crippen molar-refractivity contribution in [3.63, 3.8) is 0 Å². The zero-order valence-electron chi connectivity index (χ0n) is 6.51. The summed E-state index contributed by atoms with van der Waals surface area (Å²) in [5.74, 6) is 4.99. The molecule has 0 bridgehead atoms. The second-order valence-corrected chi connectivity index (χ2v) is 1.90. The van der Waals surface area contributed by atoms with Crippen molar-refractivity contribution >= 4 is 11.6 Å². The molecule has 0 saturated carbocycles. The number of carbonyl (C=O) groups is 1. The third-order valence-electron chi connectivity index (χ3n) is 0.845. The number of nitrogens with zero attached hydrogens (tertiary/aromatic N) is 1. The molecule has 0 unspecified atom stereocenters. The summed E-state index contributed by atoms with van der Waals surface area (Å²) in [4.78, 5) is 10.3. The van der Waals surface area contributed by atoms with E-state index in [1.807, 2.05) is 0 Å². The Labute approximate surface area is 65.3 Å². The summed E-state index contributed by atoms with van der Waals surface area (Å²) in [5, 5.41) is 13.5. The Hall–Kier alpha value is -1.50. The van der Waals surface area contributed by atoms with E-state index < -0.39 is 0 Å². The second kappa shape index (κ2) is 5.30.